The number of guanidine groups is 1. The average Bonchev–Trinajstić information content (AvgIpc) is 2.94. The molecular weight excluding hydrogens is 560 g/mol. The molecule has 1 heterocycles. The first-order valence-corrected chi connectivity index (χ1v) is 13.9. The van der Waals surface area contributed by atoms with Crippen LogP contribution in [0.1, 0.15) is 38.7 Å². The quantitative estimate of drug-likeness (QED) is 0.106. The van der Waals surface area contributed by atoms with Crippen LogP contribution in [0.25, 0.3) is 0 Å². The van der Waals surface area contributed by atoms with Gasteiger partial charge in [-0.25, -0.2) is 0 Å². The molecule has 43 heavy (non-hydrogen) atoms. The molecule has 0 unspecified atom stereocenters. The van der Waals surface area contributed by atoms with E-state index in [1.807, 2.05) is 0 Å². The first kappa shape index (κ1) is 34.5. The van der Waals surface area contributed by atoms with Crippen LogP contribution in [-0.4, -0.2) is 108 Å². The van der Waals surface area contributed by atoms with Gasteiger partial charge >= 0.3 is 5.97 Å². The fraction of sp³-hybridized carbons (Fsp3) is 0.536. The number of hydrogen-bond acceptors (Lipinski definition) is 7. The lowest BCUT2D eigenvalue weighted by atomic mass is 9.98. The number of aliphatic imine (C=N–C) groups is 1. The molecule has 1 aliphatic heterocycles. The minimum atomic E-state index is -1.49. The zero-order chi connectivity index (χ0) is 32.3. The van der Waals surface area contributed by atoms with Crippen LogP contribution in [0.2, 0.25) is 0 Å². The van der Waals surface area contributed by atoms with Crippen LogP contribution in [0.4, 0.5) is 0 Å². The monoisotopic (exact) mass is 602 g/mol. The summed E-state index contributed by atoms with van der Waals surface area (Å²) in [5, 5.41) is 17.3. The molecule has 0 radical (unpaired) electrons. The van der Waals surface area contributed by atoms with Gasteiger partial charge in [0.05, 0.1) is 13.0 Å². The number of likely N-dealkylation sites (N-methyl/N-ethyl adjacent to an activating group) is 2. The Balaban J connectivity index is 2.55. The summed E-state index contributed by atoms with van der Waals surface area (Å²) in [6, 6.07) is 4.00. The largest absolute Gasteiger partial charge is 0.481 e. The first-order chi connectivity index (χ1) is 20.2. The summed E-state index contributed by atoms with van der Waals surface area (Å²) in [6.45, 7) is 3.08. The summed E-state index contributed by atoms with van der Waals surface area (Å²) in [5.74, 6) is -5.42. The molecule has 15 nitrogen and oxygen atoms in total. The lowest BCUT2D eigenvalue weighted by Gasteiger charge is -2.34. The molecule has 0 aliphatic carbocycles. The van der Waals surface area contributed by atoms with Gasteiger partial charge in [0.25, 0.3) is 0 Å². The van der Waals surface area contributed by atoms with E-state index < -0.39 is 78.6 Å². The molecule has 0 spiro atoms. The number of hydrogen-bond donors (Lipinski definition) is 6. The van der Waals surface area contributed by atoms with Gasteiger partial charge in [0, 0.05) is 27.1 Å². The van der Waals surface area contributed by atoms with E-state index >= 15 is 0 Å². The van der Waals surface area contributed by atoms with Gasteiger partial charge in [0.15, 0.2) is 5.96 Å². The lowest BCUT2D eigenvalue weighted by Crippen LogP contribution is -2.59. The van der Waals surface area contributed by atoms with Crippen molar-refractivity contribution in [1.29, 1.82) is 0 Å². The molecule has 1 fully saturated rings. The topological polar surface area (TPSA) is 230 Å². The minimum Gasteiger partial charge on any atom is -0.481 e. The number of carbonyl (C=O) groups excluding carboxylic acids is 5. The van der Waals surface area contributed by atoms with Gasteiger partial charge in [-0.2, -0.15) is 0 Å². The van der Waals surface area contributed by atoms with Crippen molar-refractivity contribution >= 4 is 41.5 Å². The Hall–Kier alpha value is -4.69. The minimum absolute atomic E-state index is 0.0348. The first-order valence-electron chi connectivity index (χ1n) is 13.9. The molecule has 5 amide bonds. The number of aliphatic carboxylic acids is 1. The predicted octanol–water partition coefficient (Wildman–Crippen LogP) is -1.83. The van der Waals surface area contributed by atoms with Crippen LogP contribution in [0.15, 0.2) is 35.3 Å². The van der Waals surface area contributed by atoms with Gasteiger partial charge in [-0.1, -0.05) is 44.2 Å². The smallest absolute Gasteiger partial charge is 0.305 e. The summed E-state index contributed by atoms with van der Waals surface area (Å²) >= 11 is 0. The van der Waals surface area contributed by atoms with E-state index in [0.29, 0.717) is 12.0 Å². The summed E-state index contributed by atoms with van der Waals surface area (Å²) in [5.41, 5.74) is 11.4. The number of carboxylic acids is 1. The molecule has 0 bridgehead atoms. The number of nitrogens with one attached hydrogen (secondary N) is 3. The maximum absolute atomic E-state index is 13.9. The molecule has 1 saturated heterocycles. The maximum Gasteiger partial charge on any atom is 0.305 e. The molecular formula is C28H42N8O7. The number of rotatable bonds is 9. The SMILES string of the molecule is CC(C)[C@@H]1C(=O)N[C@@H](CCCN=C(N)N)C(=O)NCC(=O)N(C)[C@@H](CC(=O)O)C(=O)N[C@H](Cc2ccccc2)C(=O)N1C. The molecule has 1 aromatic rings. The second-order valence-electron chi connectivity index (χ2n) is 10.7. The number of nitrogens with two attached hydrogens (primary N) is 2. The third kappa shape index (κ3) is 10.3. The van der Waals surface area contributed by atoms with E-state index in [-0.39, 0.29) is 25.3 Å². The Morgan fingerprint density at radius 1 is 0.977 bits per heavy atom. The second-order valence-corrected chi connectivity index (χ2v) is 10.7. The number of amides is 5. The van der Waals surface area contributed by atoms with Crippen LogP contribution in [0.3, 0.4) is 0 Å². The number of benzene rings is 1. The number of carbonyl (C=O) groups is 6. The zero-order valence-corrected chi connectivity index (χ0v) is 24.9. The van der Waals surface area contributed by atoms with E-state index in [0.717, 1.165) is 4.90 Å². The molecule has 15 heteroatoms. The van der Waals surface area contributed by atoms with Crippen LogP contribution < -0.4 is 27.4 Å². The Morgan fingerprint density at radius 2 is 1.60 bits per heavy atom. The van der Waals surface area contributed by atoms with E-state index in [9.17, 15) is 33.9 Å². The number of nitrogens with zero attached hydrogens (tertiary/aromatic N) is 3. The van der Waals surface area contributed by atoms with Crippen molar-refractivity contribution in [3.8, 4) is 0 Å². The summed E-state index contributed by atoms with van der Waals surface area (Å²) in [7, 11) is 2.66. The Bertz CT molecular complexity index is 1200. The molecule has 236 valence electrons. The highest BCUT2D eigenvalue weighted by Crippen LogP contribution is 2.16. The third-order valence-electron chi connectivity index (χ3n) is 7.09. The van der Waals surface area contributed by atoms with Crippen molar-refractivity contribution in [1.82, 2.24) is 25.8 Å². The highest BCUT2D eigenvalue weighted by atomic mass is 16.4. The van der Waals surface area contributed by atoms with Crippen LogP contribution in [-0.2, 0) is 35.2 Å². The van der Waals surface area contributed by atoms with Crippen LogP contribution in [0, 0.1) is 5.92 Å². The van der Waals surface area contributed by atoms with Crippen molar-refractivity contribution in [3.63, 3.8) is 0 Å². The number of carboxylic acid groups (broad SMARTS) is 1. The summed E-state index contributed by atoms with van der Waals surface area (Å²) in [4.78, 5) is 84.8. The highest BCUT2D eigenvalue weighted by Gasteiger charge is 2.38. The molecule has 1 aliphatic rings. The van der Waals surface area contributed by atoms with E-state index in [1.165, 1.54) is 19.0 Å². The van der Waals surface area contributed by atoms with Gasteiger partial charge in [-0.3, -0.25) is 33.8 Å². The second kappa shape index (κ2) is 16.1. The molecule has 2 rings (SSSR count). The van der Waals surface area contributed by atoms with Crippen molar-refractivity contribution < 1.29 is 33.9 Å². The van der Waals surface area contributed by atoms with Crippen LogP contribution >= 0.6 is 0 Å². The Labute approximate surface area is 250 Å². The third-order valence-corrected chi connectivity index (χ3v) is 7.09. The molecule has 1 aromatic carbocycles. The van der Waals surface area contributed by atoms with E-state index in [2.05, 4.69) is 20.9 Å². The molecule has 8 N–H and O–H groups in total. The zero-order valence-electron chi connectivity index (χ0n) is 24.9. The summed E-state index contributed by atoms with van der Waals surface area (Å²) in [6.07, 6.45) is -0.290. The predicted molar refractivity (Wildman–Crippen MR) is 157 cm³/mol. The van der Waals surface area contributed by atoms with Crippen molar-refractivity contribution in [2.75, 3.05) is 27.2 Å². The highest BCUT2D eigenvalue weighted by molar-refractivity contribution is 5.98. The standard InChI is InChI=1S/C28H42N8O7/c1-16(2)23-26(42)33-18(11-8-12-31-28(29)30)24(40)32-15-21(37)35(3)20(14-22(38)39)25(41)34-19(27(43)36(23)4)13-17-9-6-5-7-10-17/h5-7,9-10,16,18-20,23H,8,11-15H2,1-4H3,(H,32,40)(H,33,42)(H,34,41)(H,38,39)(H4,29,30,31)/t18-,19+,20-,23+/m0/s1. The maximum atomic E-state index is 13.9. The molecule has 4 atom stereocenters. The van der Waals surface area contributed by atoms with Gasteiger partial charge in [-0.15, -0.1) is 0 Å². The van der Waals surface area contributed by atoms with E-state index in [4.69, 9.17) is 11.5 Å². The van der Waals surface area contributed by atoms with E-state index in [1.54, 1.807) is 44.2 Å². The van der Waals surface area contributed by atoms with Gasteiger partial charge in [-0.05, 0) is 24.3 Å². The fourth-order valence-corrected chi connectivity index (χ4v) is 4.81. The van der Waals surface area contributed by atoms with Gasteiger partial charge < -0.3 is 42.3 Å². The van der Waals surface area contributed by atoms with Gasteiger partial charge in [0.1, 0.15) is 24.2 Å². The van der Waals surface area contributed by atoms with Gasteiger partial charge in [0.2, 0.25) is 29.5 Å². The normalized spacial score (nSPS) is 22.7. The lowest BCUT2D eigenvalue weighted by molar-refractivity contribution is -0.147. The average molecular weight is 603 g/mol. The van der Waals surface area contributed by atoms with Crippen molar-refractivity contribution in [3.05, 3.63) is 35.9 Å². The van der Waals surface area contributed by atoms with Crippen molar-refractivity contribution in [2.45, 2.75) is 63.7 Å². The van der Waals surface area contributed by atoms with Crippen LogP contribution in [0.5, 0.6) is 0 Å². The summed E-state index contributed by atoms with van der Waals surface area (Å²) < 4.78 is 0. The fourth-order valence-electron chi connectivity index (χ4n) is 4.81. The molecule has 0 saturated carbocycles. The van der Waals surface area contributed by atoms with Crippen molar-refractivity contribution in [2.24, 2.45) is 22.4 Å². The molecule has 0 aromatic heterocycles. The Morgan fingerprint density at radius 3 is 2.19 bits per heavy atom. The Kier molecular flexibility index (Phi) is 12.9.